The van der Waals surface area contributed by atoms with Crippen LogP contribution in [0.2, 0.25) is 0 Å². The number of pyridine rings is 1. The number of fused-ring (bicyclic) bond motifs is 3. The fourth-order valence-electron chi connectivity index (χ4n) is 3.48. The van der Waals surface area contributed by atoms with Crippen LogP contribution in [0.5, 0.6) is 0 Å². The van der Waals surface area contributed by atoms with Gasteiger partial charge < -0.3 is 9.30 Å². The minimum atomic E-state index is -0.577. The molecule has 2 aromatic carbocycles. The average molecular weight is 377 g/mol. The Balaban J connectivity index is 2.12. The average Bonchev–Trinajstić information content (AvgIpc) is 3.01. The molecule has 0 saturated carbocycles. The van der Waals surface area contributed by atoms with Crippen molar-refractivity contribution in [3.8, 4) is 5.69 Å². The number of hydrogen-bond donors (Lipinski definition) is 0. The van der Waals surface area contributed by atoms with Crippen LogP contribution in [0.25, 0.3) is 27.5 Å². The smallest absolute Gasteiger partial charge is 0.341 e. The van der Waals surface area contributed by atoms with E-state index < -0.39 is 10.9 Å². The summed E-state index contributed by atoms with van der Waals surface area (Å²) < 4.78 is 8.02. The van der Waals surface area contributed by atoms with E-state index in [4.69, 9.17) is 4.74 Å². The topological polar surface area (TPSA) is 96.4 Å². The molecule has 0 unspecified atom stereocenters. The van der Waals surface area contributed by atoms with Gasteiger partial charge in [0.25, 0.3) is 11.2 Å². The quantitative estimate of drug-likeness (QED) is 0.310. The SMILES string of the molecule is COC(=O)c1cn(-c2ccc([N+](=O)[O-])cc2)c(=O)c2c3ccccc3n(C)c12. The Bertz CT molecular complexity index is 1320. The van der Waals surface area contributed by atoms with Crippen LogP contribution >= 0.6 is 0 Å². The molecule has 0 atom stereocenters. The molecule has 2 heterocycles. The molecule has 0 amide bonds. The predicted octanol–water partition coefficient (Wildman–Crippen LogP) is 3.18. The lowest BCUT2D eigenvalue weighted by Gasteiger charge is -2.10. The summed E-state index contributed by atoms with van der Waals surface area (Å²) in [5.74, 6) is -0.577. The van der Waals surface area contributed by atoms with E-state index in [0.717, 1.165) is 5.52 Å². The fourth-order valence-corrected chi connectivity index (χ4v) is 3.48. The van der Waals surface area contributed by atoms with Crippen molar-refractivity contribution < 1.29 is 14.5 Å². The van der Waals surface area contributed by atoms with Gasteiger partial charge in [0.2, 0.25) is 0 Å². The molecule has 8 heteroatoms. The molecule has 140 valence electrons. The molecule has 8 nitrogen and oxygen atoms in total. The van der Waals surface area contributed by atoms with Gasteiger partial charge in [-0.15, -0.1) is 0 Å². The minimum Gasteiger partial charge on any atom is -0.465 e. The highest BCUT2D eigenvalue weighted by molar-refractivity contribution is 6.14. The van der Waals surface area contributed by atoms with Crippen molar-refractivity contribution in [2.45, 2.75) is 0 Å². The van der Waals surface area contributed by atoms with Gasteiger partial charge in [-0.2, -0.15) is 0 Å². The molecule has 0 fully saturated rings. The molecule has 0 saturated heterocycles. The fraction of sp³-hybridized carbons (Fsp3) is 0.100. The number of rotatable bonds is 3. The first-order valence-corrected chi connectivity index (χ1v) is 8.40. The standard InChI is InChI=1S/C20H15N3O5/c1-21-16-6-4-3-5-14(16)17-18(21)15(20(25)28-2)11-22(19(17)24)12-7-9-13(10-8-12)23(26)27/h3-11H,1-2H3. The van der Waals surface area contributed by atoms with Gasteiger partial charge in [-0.25, -0.2) is 4.79 Å². The van der Waals surface area contributed by atoms with Crippen molar-refractivity contribution in [1.29, 1.82) is 0 Å². The summed E-state index contributed by atoms with van der Waals surface area (Å²) in [4.78, 5) is 36.1. The third-order valence-electron chi connectivity index (χ3n) is 4.80. The van der Waals surface area contributed by atoms with Crippen molar-refractivity contribution >= 4 is 33.5 Å². The third-order valence-corrected chi connectivity index (χ3v) is 4.80. The number of ether oxygens (including phenoxy) is 1. The maximum Gasteiger partial charge on any atom is 0.341 e. The molecule has 28 heavy (non-hydrogen) atoms. The molecule has 2 aromatic heterocycles. The zero-order valence-electron chi connectivity index (χ0n) is 15.1. The third kappa shape index (κ3) is 2.46. The number of aryl methyl sites for hydroxylation is 1. The molecule has 0 aliphatic heterocycles. The summed E-state index contributed by atoms with van der Waals surface area (Å²) in [5, 5.41) is 12.0. The second-order valence-electron chi connectivity index (χ2n) is 6.28. The maximum atomic E-state index is 13.3. The monoisotopic (exact) mass is 377 g/mol. The summed E-state index contributed by atoms with van der Waals surface area (Å²) in [7, 11) is 3.06. The van der Waals surface area contributed by atoms with Crippen LogP contribution in [-0.4, -0.2) is 27.1 Å². The van der Waals surface area contributed by atoms with Crippen molar-refractivity contribution in [3.63, 3.8) is 0 Å². The Morgan fingerprint density at radius 3 is 2.43 bits per heavy atom. The van der Waals surface area contributed by atoms with Crippen molar-refractivity contribution in [1.82, 2.24) is 9.13 Å². The highest BCUT2D eigenvalue weighted by atomic mass is 16.6. The van der Waals surface area contributed by atoms with Gasteiger partial charge in [-0.1, -0.05) is 18.2 Å². The summed E-state index contributed by atoms with van der Waals surface area (Å²) in [6.07, 6.45) is 1.41. The molecular formula is C20H15N3O5. The second-order valence-corrected chi connectivity index (χ2v) is 6.28. The number of nitro benzene ring substituents is 1. The van der Waals surface area contributed by atoms with E-state index in [1.54, 1.807) is 11.6 Å². The van der Waals surface area contributed by atoms with E-state index in [1.807, 2.05) is 24.3 Å². The van der Waals surface area contributed by atoms with Gasteiger partial charge in [-0.3, -0.25) is 19.5 Å². The van der Waals surface area contributed by atoms with Gasteiger partial charge in [0, 0.05) is 42.0 Å². The van der Waals surface area contributed by atoms with E-state index in [-0.39, 0.29) is 16.8 Å². The number of carbonyl (C=O) groups is 1. The lowest BCUT2D eigenvalue weighted by atomic mass is 10.1. The summed E-state index contributed by atoms with van der Waals surface area (Å²) >= 11 is 0. The van der Waals surface area contributed by atoms with E-state index in [2.05, 4.69) is 0 Å². The summed E-state index contributed by atoms with van der Waals surface area (Å²) in [6, 6.07) is 12.9. The summed E-state index contributed by atoms with van der Waals surface area (Å²) in [6.45, 7) is 0. The molecule has 0 radical (unpaired) electrons. The van der Waals surface area contributed by atoms with E-state index in [9.17, 15) is 19.7 Å². The van der Waals surface area contributed by atoms with E-state index in [1.165, 1.54) is 42.1 Å². The zero-order valence-corrected chi connectivity index (χ0v) is 15.1. The number of methoxy groups -OCH3 is 1. The number of nitro groups is 1. The van der Waals surface area contributed by atoms with E-state index >= 15 is 0 Å². The Morgan fingerprint density at radius 2 is 1.79 bits per heavy atom. The summed E-state index contributed by atoms with van der Waals surface area (Å²) in [5.41, 5.74) is 1.52. The van der Waals surface area contributed by atoms with Gasteiger partial charge in [0.1, 0.15) is 5.56 Å². The zero-order chi connectivity index (χ0) is 20.0. The lowest BCUT2D eigenvalue weighted by molar-refractivity contribution is -0.384. The molecule has 4 aromatic rings. The van der Waals surface area contributed by atoms with Crippen LogP contribution in [0.3, 0.4) is 0 Å². The van der Waals surface area contributed by atoms with Crippen molar-refractivity contribution in [3.05, 3.63) is 80.8 Å². The van der Waals surface area contributed by atoms with Crippen LogP contribution in [0, 0.1) is 10.1 Å². The van der Waals surface area contributed by atoms with Crippen LogP contribution in [-0.2, 0) is 11.8 Å². The Kier molecular flexibility index (Phi) is 3.96. The van der Waals surface area contributed by atoms with Crippen LogP contribution in [0.4, 0.5) is 5.69 Å². The first-order chi connectivity index (χ1) is 13.4. The van der Waals surface area contributed by atoms with Gasteiger partial charge >= 0.3 is 5.97 Å². The number of hydrogen-bond acceptors (Lipinski definition) is 5. The number of carbonyl (C=O) groups excluding carboxylic acids is 1. The Labute approximate surface area is 158 Å². The molecule has 0 aliphatic rings. The Morgan fingerprint density at radius 1 is 1.11 bits per heavy atom. The highest BCUT2D eigenvalue weighted by Gasteiger charge is 2.22. The number of nitrogens with zero attached hydrogens (tertiary/aromatic N) is 3. The number of para-hydroxylation sites is 1. The molecule has 0 N–H and O–H groups in total. The molecule has 0 aliphatic carbocycles. The first kappa shape index (κ1) is 17.5. The molecular weight excluding hydrogens is 362 g/mol. The van der Waals surface area contributed by atoms with Crippen LogP contribution in [0.15, 0.2) is 59.5 Å². The molecule has 0 spiro atoms. The first-order valence-electron chi connectivity index (χ1n) is 8.40. The second kappa shape index (κ2) is 6.34. The van der Waals surface area contributed by atoms with Crippen molar-refractivity contribution in [2.75, 3.05) is 7.11 Å². The number of esters is 1. The van der Waals surface area contributed by atoms with Crippen molar-refractivity contribution in [2.24, 2.45) is 7.05 Å². The predicted molar refractivity (Wildman–Crippen MR) is 104 cm³/mol. The Hall–Kier alpha value is -3.94. The highest BCUT2D eigenvalue weighted by Crippen LogP contribution is 2.29. The number of non-ortho nitro benzene ring substituents is 1. The maximum absolute atomic E-state index is 13.3. The molecule has 4 rings (SSSR count). The lowest BCUT2D eigenvalue weighted by Crippen LogP contribution is -2.21. The minimum absolute atomic E-state index is 0.0868. The normalized spacial score (nSPS) is 11.1. The largest absolute Gasteiger partial charge is 0.465 e. The van der Waals surface area contributed by atoms with E-state index in [0.29, 0.717) is 22.0 Å². The van der Waals surface area contributed by atoms with Gasteiger partial charge in [0.15, 0.2) is 0 Å². The van der Waals surface area contributed by atoms with Crippen LogP contribution in [0.1, 0.15) is 10.4 Å². The number of aromatic nitrogens is 2. The van der Waals surface area contributed by atoms with Crippen LogP contribution < -0.4 is 5.56 Å². The van der Waals surface area contributed by atoms with Gasteiger partial charge in [0.05, 0.1) is 22.9 Å². The van der Waals surface area contributed by atoms with Gasteiger partial charge in [-0.05, 0) is 18.2 Å². The number of benzene rings is 2. The molecule has 0 bridgehead atoms.